The molecule has 0 radical (unpaired) electrons. The van der Waals surface area contributed by atoms with E-state index in [0.717, 1.165) is 35.9 Å². The van der Waals surface area contributed by atoms with Crippen molar-refractivity contribution in [2.24, 2.45) is 0 Å². The van der Waals surface area contributed by atoms with E-state index in [0.29, 0.717) is 6.54 Å². The van der Waals surface area contributed by atoms with Crippen molar-refractivity contribution in [1.29, 1.82) is 0 Å². The molecule has 1 unspecified atom stereocenters. The molecule has 0 aromatic heterocycles. The molecular formula is C18H25FN2O3S. The summed E-state index contributed by atoms with van der Waals surface area (Å²) in [6.45, 7) is 1.97. The van der Waals surface area contributed by atoms with Gasteiger partial charge in [0.15, 0.2) is 0 Å². The zero-order chi connectivity index (χ0) is 18.4. The fraction of sp³-hybridized carbons (Fsp3) is 0.500. The number of anilines is 1. The van der Waals surface area contributed by atoms with Gasteiger partial charge in [-0.25, -0.2) is 12.8 Å². The Bertz CT molecular complexity index is 746. The Morgan fingerprint density at radius 3 is 2.72 bits per heavy atom. The topological polar surface area (TPSA) is 66.5 Å². The third-order valence-electron chi connectivity index (χ3n) is 4.28. The summed E-state index contributed by atoms with van der Waals surface area (Å²) in [5.74, 6) is -0.950. The highest BCUT2D eigenvalue weighted by atomic mass is 32.2. The number of nitrogens with zero attached hydrogens (tertiary/aromatic N) is 1. The second-order valence-corrected chi connectivity index (χ2v) is 8.22. The molecule has 5 nitrogen and oxygen atoms in total. The number of amides is 1. The minimum Gasteiger partial charge on any atom is -0.354 e. The van der Waals surface area contributed by atoms with Crippen LogP contribution in [0.25, 0.3) is 0 Å². The average Bonchev–Trinajstić information content (AvgIpc) is 2.54. The highest BCUT2D eigenvalue weighted by Gasteiger charge is 2.29. The van der Waals surface area contributed by atoms with Crippen LogP contribution >= 0.6 is 0 Å². The first-order valence-electron chi connectivity index (χ1n) is 8.49. The minimum absolute atomic E-state index is 0.139. The lowest BCUT2D eigenvalue weighted by molar-refractivity contribution is -0.121. The fourth-order valence-electron chi connectivity index (χ4n) is 3.05. The number of carbonyl (C=O) groups is 1. The van der Waals surface area contributed by atoms with Crippen molar-refractivity contribution in [3.63, 3.8) is 0 Å². The van der Waals surface area contributed by atoms with Crippen LogP contribution in [0.5, 0.6) is 0 Å². The van der Waals surface area contributed by atoms with E-state index < -0.39 is 27.8 Å². The molecule has 1 aromatic carbocycles. The van der Waals surface area contributed by atoms with Crippen molar-refractivity contribution in [2.75, 3.05) is 17.1 Å². The molecule has 0 spiro atoms. The van der Waals surface area contributed by atoms with Gasteiger partial charge in [0.2, 0.25) is 15.9 Å². The lowest BCUT2D eigenvalue weighted by Gasteiger charge is -2.28. The van der Waals surface area contributed by atoms with Crippen LogP contribution < -0.4 is 9.62 Å². The van der Waals surface area contributed by atoms with Crippen molar-refractivity contribution < 1.29 is 17.6 Å². The Kier molecular flexibility index (Phi) is 6.58. The zero-order valence-corrected chi connectivity index (χ0v) is 15.5. The Morgan fingerprint density at radius 2 is 2.12 bits per heavy atom. The number of carbonyl (C=O) groups excluding carboxylic acids is 1. The molecule has 0 fully saturated rings. The molecule has 1 atom stereocenters. The molecule has 1 aliphatic carbocycles. The van der Waals surface area contributed by atoms with Gasteiger partial charge >= 0.3 is 0 Å². The molecule has 138 valence electrons. The lowest BCUT2D eigenvalue weighted by atomic mass is 9.97. The molecule has 0 bridgehead atoms. The molecule has 0 saturated heterocycles. The smallest absolute Gasteiger partial charge is 0.243 e. The van der Waals surface area contributed by atoms with Crippen molar-refractivity contribution in [1.82, 2.24) is 5.32 Å². The predicted molar refractivity (Wildman–Crippen MR) is 97.4 cm³/mol. The Labute approximate surface area is 149 Å². The second-order valence-electron chi connectivity index (χ2n) is 6.36. The van der Waals surface area contributed by atoms with Crippen LogP contribution in [0, 0.1) is 5.82 Å². The molecule has 1 aliphatic rings. The van der Waals surface area contributed by atoms with E-state index >= 15 is 0 Å². The summed E-state index contributed by atoms with van der Waals surface area (Å²) in [7, 11) is -3.73. The van der Waals surface area contributed by atoms with Gasteiger partial charge in [-0.3, -0.25) is 9.10 Å². The van der Waals surface area contributed by atoms with E-state index in [-0.39, 0.29) is 5.69 Å². The van der Waals surface area contributed by atoms with Gasteiger partial charge in [0, 0.05) is 6.54 Å². The highest BCUT2D eigenvalue weighted by Crippen LogP contribution is 2.22. The maximum atomic E-state index is 13.5. The van der Waals surface area contributed by atoms with Crippen LogP contribution in [0.2, 0.25) is 0 Å². The normalized spacial score (nSPS) is 16.0. The molecule has 0 saturated carbocycles. The van der Waals surface area contributed by atoms with Gasteiger partial charge in [0.1, 0.15) is 11.9 Å². The van der Waals surface area contributed by atoms with Crippen molar-refractivity contribution in [3.05, 3.63) is 41.7 Å². The minimum atomic E-state index is -3.73. The molecule has 0 aliphatic heterocycles. The summed E-state index contributed by atoms with van der Waals surface area (Å²) in [6.07, 6.45) is 8.53. The molecule has 25 heavy (non-hydrogen) atoms. The average molecular weight is 368 g/mol. The van der Waals surface area contributed by atoms with Crippen LogP contribution in [-0.2, 0) is 14.8 Å². The third kappa shape index (κ3) is 5.56. The monoisotopic (exact) mass is 368 g/mol. The number of hydrogen-bond donors (Lipinski definition) is 1. The third-order valence-corrected chi connectivity index (χ3v) is 5.52. The first-order chi connectivity index (χ1) is 11.8. The Balaban J connectivity index is 2.04. The molecule has 0 heterocycles. The van der Waals surface area contributed by atoms with E-state index in [1.807, 2.05) is 0 Å². The van der Waals surface area contributed by atoms with Crippen LogP contribution in [0.1, 0.15) is 39.0 Å². The zero-order valence-electron chi connectivity index (χ0n) is 14.7. The number of hydrogen-bond acceptors (Lipinski definition) is 3. The van der Waals surface area contributed by atoms with Crippen molar-refractivity contribution in [3.8, 4) is 0 Å². The van der Waals surface area contributed by atoms with Crippen molar-refractivity contribution in [2.45, 2.75) is 45.1 Å². The van der Waals surface area contributed by atoms with Gasteiger partial charge < -0.3 is 5.32 Å². The summed E-state index contributed by atoms with van der Waals surface area (Å²) >= 11 is 0. The summed E-state index contributed by atoms with van der Waals surface area (Å²) < 4.78 is 38.7. The number of sulfonamides is 1. The van der Waals surface area contributed by atoms with Gasteiger partial charge in [0.25, 0.3) is 0 Å². The van der Waals surface area contributed by atoms with Crippen LogP contribution in [0.15, 0.2) is 35.9 Å². The maximum Gasteiger partial charge on any atom is 0.243 e. The summed E-state index contributed by atoms with van der Waals surface area (Å²) in [4.78, 5) is 12.4. The van der Waals surface area contributed by atoms with Gasteiger partial charge in [0.05, 0.1) is 11.9 Å². The lowest BCUT2D eigenvalue weighted by Crippen LogP contribution is -2.48. The number of rotatable bonds is 7. The Morgan fingerprint density at radius 1 is 1.36 bits per heavy atom. The van der Waals surface area contributed by atoms with E-state index in [1.165, 1.54) is 43.5 Å². The van der Waals surface area contributed by atoms with Gasteiger partial charge in [-0.05, 0) is 57.2 Å². The number of benzene rings is 1. The van der Waals surface area contributed by atoms with Gasteiger partial charge in [-0.1, -0.05) is 17.7 Å². The maximum absolute atomic E-state index is 13.5. The second kappa shape index (κ2) is 8.47. The standard InChI is InChI=1S/C18H25FN2O3S/c1-14(18(22)20-12-11-15-7-4-3-5-8-15)21(25(2,23)24)17-10-6-9-16(19)13-17/h6-7,9-10,13-14H,3-5,8,11-12H2,1-2H3,(H,20,22). The predicted octanol–water partition coefficient (Wildman–Crippen LogP) is 2.99. The molecule has 1 aromatic rings. The van der Waals surface area contributed by atoms with Crippen LogP contribution in [0.3, 0.4) is 0 Å². The molecule has 1 amide bonds. The highest BCUT2D eigenvalue weighted by molar-refractivity contribution is 7.92. The molecular weight excluding hydrogens is 343 g/mol. The molecule has 2 rings (SSSR count). The first kappa shape index (κ1) is 19.4. The van der Waals surface area contributed by atoms with E-state index in [2.05, 4.69) is 11.4 Å². The molecule has 7 heteroatoms. The van der Waals surface area contributed by atoms with E-state index in [9.17, 15) is 17.6 Å². The number of allylic oxidation sites excluding steroid dienone is 1. The fourth-order valence-corrected chi connectivity index (χ4v) is 4.21. The Hall–Kier alpha value is -1.89. The van der Waals surface area contributed by atoms with E-state index in [4.69, 9.17) is 0 Å². The van der Waals surface area contributed by atoms with Crippen molar-refractivity contribution >= 4 is 21.6 Å². The van der Waals surface area contributed by atoms with Gasteiger partial charge in [-0.2, -0.15) is 0 Å². The van der Waals surface area contributed by atoms with Gasteiger partial charge in [-0.15, -0.1) is 0 Å². The SMILES string of the molecule is CC(C(=O)NCCC1=CCCCC1)N(c1cccc(F)c1)S(C)(=O)=O. The van der Waals surface area contributed by atoms with Crippen LogP contribution in [0.4, 0.5) is 10.1 Å². The summed E-state index contributed by atoms with van der Waals surface area (Å²) in [5, 5.41) is 2.79. The number of nitrogens with one attached hydrogen (secondary N) is 1. The first-order valence-corrected chi connectivity index (χ1v) is 10.3. The number of halogens is 1. The van der Waals surface area contributed by atoms with Crippen LogP contribution in [-0.4, -0.2) is 33.2 Å². The summed E-state index contributed by atoms with van der Waals surface area (Å²) in [5.41, 5.74) is 1.48. The largest absolute Gasteiger partial charge is 0.354 e. The molecule has 1 N–H and O–H groups in total. The quantitative estimate of drug-likeness (QED) is 0.753. The summed E-state index contributed by atoms with van der Waals surface area (Å²) in [6, 6.07) is 4.27. The van der Waals surface area contributed by atoms with E-state index in [1.54, 1.807) is 0 Å².